The number of halogens is 1. The van der Waals surface area contributed by atoms with Gasteiger partial charge in [0.1, 0.15) is 17.8 Å². The van der Waals surface area contributed by atoms with Gasteiger partial charge in [-0.1, -0.05) is 12.1 Å². The van der Waals surface area contributed by atoms with E-state index in [-0.39, 0.29) is 18.3 Å². The van der Waals surface area contributed by atoms with E-state index in [2.05, 4.69) is 10.2 Å². The Morgan fingerprint density at radius 2 is 2.04 bits per heavy atom. The average molecular weight is 361 g/mol. The lowest BCUT2D eigenvalue weighted by molar-refractivity contribution is 0.0760. The largest absolute Gasteiger partial charge is 0.357 e. The number of carbonyl (C=O) groups excluding carboxylic acids is 1. The molecule has 27 heavy (non-hydrogen) atoms. The zero-order valence-corrected chi connectivity index (χ0v) is 14.6. The van der Waals surface area contributed by atoms with E-state index in [4.69, 9.17) is 0 Å². The predicted octanol–water partition coefficient (Wildman–Crippen LogP) is 3.03. The van der Waals surface area contributed by atoms with Gasteiger partial charge in [-0.3, -0.25) is 9.20 Å². The fraction of sp³-hybridized carbons (Fsp3) is 0.150. The lowest BCUT2D eigenvalue weighted by Gasteiger charge is -2.16. The smallest absolute Gasteiger partial charge is 0.271 e. The topological polar surface area (TPSA) is 55.4 Å². The van der Waals surface area contributed by atoms with Crippen LogP contribution in [0.2, 0.25) is 0 Å². The van der Waals surface area contributed by atoms with Crippen LogP contribution >= 0.6 is 0 Å². The normalized spacial score (nSPS) is 13.6. The summed E-state index contributed by atoms with van der Waals surface area (Å²) in [5.41, 5.74) is 4.51. The Bertz CT molecular complexity index is 1190. The lowest BCUT2D eigenvalue weighted by Crippen LogP contribution is -2.24. The van der Waals surface area contributed by atoms with Crippen LogP contribution in [-0.2, 0) is 20.1 Å². The monoisotopic (exact) mass is 361 g/mol. The first kappa shape index (κ1) is 15.7. The van der Waals surface area contributed by atoms with E-state index in [0.717, 1.165) is 16.7 Å². The highest BCUT2D eigenvalue weighted by Crippen LogP contribution is 2.28. The molecule has 134 valence electrons. The van der Waals surface area contributed by atoms with Gasteiger partial charge in [-0.25, -0.2) is 4.39 Å². The third kappa shape index (κ3) is 2.51. The summed E-state index contributed by atoms with van der Waals surface area (Å²) in [6.45, 7) is 0.654. The number of pyridine rings is 1. The number of carbonyl (C=O) groups is 1. The van der Waals surface area contributed by atoms with Gasteiger partial charge in [0.15, 0.2) is 5.65 Å². The summed E-state index contributed by atoms with van der Waals surface area (Å²) in [7, 11) is 1.94. The standard InChI is InChI=1S/C20H16FN5O/c1-24-7-6-14(9-24)13-2-4-17(21)16(8-13)11-25-10-15-3-5-18-23-22-12-26(18)19(15)20(25)27/h2-9,12H,10-11H2,1H3. The van der Waals surface area contributed by atoms with Gasteiger partial charge in [-0.15, -0.1) is 10.2 Å². The van der Waals surface area contributed by atoms with Crippen molar-refractivity contribution in [2.75, 3.05) is 0 Å². The summed E-state index contributed by atoms with van der Waals surface area (Å²) < 4.78 is 18.1. The van der Waals surface area contributed by atoms with E-state index in [1.807, 2.05) is 48.3 Å². The van der Waals surface area contributed by atoms with E-state index in [1.54, 1.807) is 15.4 Å². The van der Waals surface area contributed by atoms with Crippen LogP contribution in [0.15, 0.2) is 55.1 Å². The van der Waals surface area contributed by atoms with Crippen LogP contribution in [0.4, 0.5) is 4.39 Å². The molecule has 0 N–H and O–H groups in total. The minimum absolute atomic E-state index is 0.139. The molecule has 0 radical (unpaired) electrons. The van der Waals surface area contributed by atoms with E-state index in [1.165, 1.54) is 12.4 Å². The Morgan fingerprint density at radius 3 is 2.85 bits per heavy atom. The number of nitrogens with zero attached hydrogens (tertiary/aromatic N) is 5. The van der Waals surface area contributed by atoms with Crippen molar-refractivity contribution in [1.82, 2.24) is 24.1 Å². The van der Waals surface area contributed by atoms with Crippen LogP contribution in [0, 0.1) is 5.82 Å². The van der Waals surface area contributed by atoms with Crippen molar-refractivity contribution in [2.24, 2.45) is 7.05 Å². The molecule has 0 fully saturated rings. The van der Waals surface area contributed by atoms with E-state index < -0.39 is 0 Å². The molecule has 0 saturated carbocycles. The maximum absolute atomic E-state index is 14.4. The first-order valence-corrected chi connectivity index (χ1v) is 8.62. The number of hydrogen-bond donors (Lipinski definition) is 0. The van der Waals surface area contributed by atoms with Gasteiger partial charge in [0.2, 0.25) is 0 Å². The third-order valence-electron chi connectivity index (χ3n) is 4.98. The zero-order chi connectivity index (χ0) is 18.5. The van der Waals surface area contributed by atoms with Crippen molar-refractivity contribution in [3.05, 3.63) is 77.8 Å². The summed E-state index contributed by atoms with van der Waals surface area (Å²) in [6.07, 6.45) is 5.46. The summed E-state index contributed by atoms with van der Waals surface area (Å²) in [5, 5.41) is 7.84. The first-order valence-electron chi connectivity index (χ1n) is 8.62. The highest BCUT2D eigenvalue weighted by Gasteiger charge is 2.30. The number of hydrogen-bond acceptors (Lipinski definition) is 3. The van der Waals surface area contributed by atoms with Gasteiger partial charge in [-0.05, 0) is 35.4 Å². The highest BCUT2D eigenvalue weighted by atomic mass is 19.1. The molecule has 1 aromatic carbocycles. The van der Waals surface area contributed by atoms with Gasteiger partial charge in [0, 0.05) is 43.7 Å². The van der Waals surface area contributed by atoms with Crippen molar-refractivity contribution in [2.45, 2.75) is 13.1 Å². The zero-order valence-electron chi connectivity index (χ0n) is 14.6. The van der Waals surface area contributed by atoms with Gasteiger partial charge in [-0.2, -0.15) is 0 Å². The van der Waals surface area contributed by atoms with Gasteiger partial charge < -0.3 is 9.47 Å². The Balaban J connectivity index is 1.48. The van der Waals surface area contributed by atoms with Gasteiger partial charge >= 0.3 is 0 Å². The van der Waals surface area contributed by atoms with Crippen molar-refractivity contribution >= 4 is 11.6 Å². The second kappa shape index (κ2) is 5.77. The fourth-order valence-electron chi connectivity index (χ4n) is 3.62. The molecule has 5 rings (SSSR count). The van der Waals surface area contributed by atoms with Crippen LogP contribution in [-0.4, -0.2) is 30.0 Å². The number of aryl methyl sites for hydroxylation is 1. The molecule has 0 bridgehead atoms. The molecule has 3 aromatic heterocycles. The second-order valence-corrected chi connectivity index (χ2v) is 6.80. The van der Waals surface area contributed by atoms with Crippen LogP contribution in [0.5, 0.6) is 0 Å². The number of fused-ring (bicyclic) bond motifs is 3. The number of aromatic nitrogens is 4. The van der Waals surface area contributed by atoms with Gasteiger partial charge in [0.25, 0.3) is 5.91 Å². The lowest BCUT2D eigenvalue weighted by atomic mass is 10.0. The molecule has 0 saturated heterocycles. The number of amides is 1. The molecule has 4 heterocycles. The van der Waals surface area contributed by atoms with Crippen LogP contribution in [0.1, 0.15) is 21.6 Å². The Kier molecular flexibility index (Phi) is 3.36. The highest BCUT2D eigenvalue weighted by molar-refractivity contribution is 5.97. The first-order chi connectivity index (χ1) is 13.1. The molecule has 0 aliphatic carbocycles. The maximum Gasteiger partial charge on any atom is 0.271 e. The second-order valence-electron chi connectivity index (χ2n) is 6.80. The molecule has 6 nitrogen and oxygen atoms in total. The molecule has 0 atom stereocenters. The molecular formula is C20H16FN5O. The molecule has 1 amide bonds. The van der Waals surface area contributed by atoms with Gasteiger partial charge in [0.05, 0.1) is 0 Å². The van der Waals surface area contributed by atoms with Crippen molar-refractivity contribution < 1.29 is 9.18 Å². The van der Waals surface area contributed by atoms with Crippen LogP contribution in [0.25, 0.3) is 16.8 Å². The summed E-state index contributed by atoms with van der Waals surface area (Å²) in [4.78, 5) is 14.6. The molecule has 0 spiro atoms. The minimum atomic E-state index is -0.312. The molecule has 1 aliphatic heterocycles. The van der Waals surface area contributed by atoms with Crippen LogP contribution in [0.3, 0.4) is 0 Å². The van der Waals surface area contributed by atoms with Crippen molar-refractivity contribution in [3.8, 4) is 11.1 Å². The summed E-state index contributed by atoms with van der Waals surface area (Å²) in [5.74, 6) is -0.451. The quantitative estimate of drug-likeness (QED) is 0.564. The van der Waals surface area contributed by atoms with Crippen molar-refractivity contribution in [3.63, 3.8) is 0 Å². The Morgan fingerprint density at radius 1 is 1.15 bits per heavy atom. The third-order valence-corrected chi connectivity index (χ3v) is 4.98. The molecule has 7 heteroatoms. The summed E-state index contributed by atoms with van der Waals surface area (Å²) in [6, 6.07) is 10.7. The van der Waals surface area contributed by atoms with E-state index in [0.29, 0.717) is 23.4 Å². The summed E-state index contributed by atoms with van der Waals surface area (Å²) >= 11 is 0. The number of benzene rings is 1. The molecule has 0 unspecified atom stereocenters. The molecular weight excluding hydrogens is 345 g/mol. The predicted molar refractivity (Wildman–Crippen MR) is 97.4 cm³/mol. The Labute approximate surface area is 154 Å². The average Bonchev–Trinajstić information content (AvgIpc) is 3.36. The number of rotatable bonds is 3. The molecule has 4 aromatic rings. The Hall–Kier alpha value is -3.48. The van der Waals surface area contributed by atoms with E-state index in [9.17, 15) is 9.18 Å². The minimum Gasteiger partial charge on any atom is -0.357 e. The SMILES string of the molecule is Cn1ccc(-c2ccc(F)c(CN3Cc4ccc5nncn5c4C3=O)c2)c1. The van der Waals surface area contributed by atoms with Crippen molar-refractivity contribution in [1.29, 1.82) is 0 Å². The fourth-order valence-corrected chi connectivity index (χ4v) is 3.62. The van der Waals surface area contributed by atoms with Crippen LogP contribution < -0.4 is 0 Å². The van der Waals surface area contributed by atoms with E-state index >= 15 is 0 Å². The molecule has 1 aliphatic rings. The maximum atomic E-state index is 14.4.